The lowest BCUT2D eigenvalue weighted by molar-refractivity contribution is -0.136. The first-order valence-electron chi connectivity index (χ1n) is 7.01. The summed E-state index contributed by atoms with van der Waals surface area (Å²) in [5.74, 6) is 0.135. The van der Waals surface area contributed by atoms with Crippen LogP contribution in [0.25, 0.3) is 5.65 Å². The number of hydrogen-bond acceptors (Lipinski definition) is 6. The number of halogens is 3. The maximum Gasteiger partial charge on any atom is 0.421 e. The summed E-state index contributed by atoms with van der Waals surface area (Å²) in [6.45, 7) is 1.34. The molecule has 2 aliphatic heterocycles. The summed E-state index contributed by atoms with van der Waals surface area (Å²) < 4.78 is 40.0. The molecule has 0 radical (unpaired) electrons. The lowest BCUT2D eigenvalue weighted by Gasteiger charge is -2.32. The molecule has 22 heavy (non-hydrogen) atoms. The number of nitrogens with zero attached hydrogens (tertiary/aromatic N) is 5. The van der Waals surface area contributed by atoms with Crippen LogP contribution in [0.5, 0.6) is 0 Å². The van der Waals surface area contributed by atoms with Gasteiger partial charge < -0.3 is 16.0 Å². The second kappa shape index (κ2) is 4.45. The number of fused-ring (bicyclic) bond motifs is 3. The molecule has 2 unspecified atom stereocenters. The molecule has 3 N–H and O–H groups in total. The van der Waals surface area contributed by atoms with Crippen molar-refractivity contribution in [3.8, 4) is 0 Å². The van der Waals surface area contributed by atoms with Gasteiger partial charge in [0.05, 0.1) is 6.20 Å². The standard InChI is InChI=1S/C12H14F3N7/c13-12(14,15)8-3-17-22-9(8)19-11(20-10(22)16)21-4-6-1-2-7(5-21)18-6/h3,6-7,18H,1-2,4-5H2,(H2,16,19,20). The van der Waals surface area contributed by atoms with Crippen molar-refractivity contribution in [2.24, 2.45) is 0 Å². The molecule has 7 nitrogen and oxygen atoms in total. The van der Waals surface area contributed by atoms with E-state index in [4.69, 9.17) is 5.73 Å². The van der Waals surface area contributed by atoms with Crippen LogP contribution in [-0.2, 0) is 6.18 Å². The molecule has 0 aromatic carbocycles. The highest BCUT2D eigenvalue weighted by molar-refractivity contribution is 5.55. The molecule has 0 spiro atoms. The SMILES string of the molecule is Nc1nc(N2CC3CCC(C2)N3)nc2c(C(F)(F)F)cnn12. The van der Waals surface area contributed by atoms with Gasteiger partial charge in [-0.15, -0.1) is 0 Å². The van der Waals surface area contributed by atoms with Crippen LogP contribution in [0.4, 0.5) is 25.1 Å². The van der Waals surface area contributed by atoms with Crippen LogP contribution in [0, 0.1) is 0 Å². The Morgan fingerprint density at radius 2 is 1.86 bits per heavy atom. The van der Waals surface area contributed by atoms with Gasteiger partial charge in [-0.2, -0.15) is 32.8 Å². The summed E-state index contributed by atoms with van der Waals surface area (Å²) in [6, 6.07) is 0.651. The highest BCUT2D eigenvalue weighted by Crippen LogP contribution is 2.33. The first kappa shape index (κ1) is 13.6. The van der Waals surface area contributed by atoms with E-state index in [1.807, 2.05) is 4.90 Å². The van der Waals surface area contributed by atoms with Gasteiger partial charge in [0.15, 0.2) is 5.65 Å². The fraction of sp³-hybridized carbons (Fsp3) is 0.583. The van der Waals surface area contributed by atoms with E-state index >= 15 is 0 Å². The van der Waals surface area contributed by atoms with Crippen molar-refractivity contribution in [3.63, 3.8) is 0 Å². The molecule has 4 rings (SSSR count). The number of nitrogens with one attached hydrogen (secondary N) is 1. The second-order valence-electron chi connectivity index (χ2n) is 5.72. The van der Waals surface area contributed by atoms with Gasteiger partial charge in [0.25, 0.3) is 0 Å². The normalized spacial score (nSPS) is 25.1. The Morgan fingerprint density at radius 3 is 2.50 bits per heavy atom. The molecular weight excluding hydrogens is 299 g/mol. The second-order valence-corrected chi connectivity index (χ2v) is 5.72. The maximum atomic E-state index is 13.0. The molecule has 2 bridgehead atoms. The summed E-state index contributed by atoms with van der Waals surface area (Å²) in [5.41, 5.74) is 4.54. The number of piperazine rings is 1. The zero-order valence-corrected chi connectivity index (χ0v) is 11.5. The Bertz CT molecular complexity index is 713. The Balaban J connectivity index is 1.78. The predicted molar refractivity (Wildman–Crippen MR) is 72.4 cm³/mol. The molecule has 0 saturated carbocycles. The average Bonchev–Trinajstić information content (AvgIpc) is 3.02. The fourth-order valence-corrected chi connectivity index (χ4v) is 3.19. The van der Waals surface area contributed by atoms with Gasteiger partial charge in [-0.25, -0.2) is 0 Å². The Kier molecular flexibility index (Phi) is 2.74. The summed E-state index contributed by atoms with van der Waals surface area (Å²) in [6.07, 6.45) is -1.69. The van der Waals surface area contributed by atoms with Crippen molar-refractivity contribution in [3.05, 3.63) is 11.8 Å². The molecule has 2 aromatic rings. The minimum Gasteiger partial charge on any atom is -0.368 e. The first-order chi connectivity index (χ1) is 10.4. The van der Waals surface area contributed by atoms with Gasteiger partial charge in [-0.3, -0.25) is 0 Å². The number of nitrogen functional groups attached to an aromatic ring is 1. The van der Waals surface area contributed by atoms with E-state index in [2.05, 4.69) is 20.4 Å². The van der Waals surface area contributed by atoms with Gasteiger partial charge in [0.2, 0.25) is 11.9 Å². The molecule has 0 aliphatic carbocycles. The van der Waals surface area contributed by atoms with E-state index < -0.39 is 11.7 Å². The maximum absolute atomic E-state index is 13.0. The highest BCUT2D eigenvalue weighted by Gasteiger charge is 2.37. The lowest BCUT2D eigenvalue weighted by atomic mass is 10.2. The number of hydrogen-bond donors (Lipinski definition) is 2. The van der Waals surface area contributed by atoms with Crippen molar-refractivity contribution in [2.45, 2.75) is 31.1 Å². The topological polar surface area (TPSA) is 84.4 Å². The summed E-state index contributed by atoms with van der Waals surface area (Å²) in [5, 5.41) is 7.08. The van der Waals surface area contributed by atoms with Gasteiger partial charge in [-0.1, -0.05) is 0 Å². The largest absolute Gasteiger partial charge is 0.421 e. The van der Waals surface area contributed by atoms with Crippen LogP contribution in [0.1, 0.15) is 18.4 Å². The molecule has 2 atom stereocenters. The zero-order chi connectivity index (χ0) is 15.5. The minimum absolute atomic E-state index is 0.0959. The minimum atomic E-state index is -4.53. The van der Waals surface area contributed by atoms with Crippen molar-refractivity contribution in [1.29, 1.82) is 0 Å². The summed E-state index contributed by atoms with van der Waals surface area (Å²) in [7, 11) is 0. The highest BCUT2D eigenvalue weighted by atomic mass is 19.4. The van der Waals surface area contributed by atoms with Crippen molar-refractivity contribution in [1.82, 2.24) is 24.9 Å². The molecule has 4 heterocycles. The quantitative estimate of drug-likeness (QED) is 0.805. The number of anilines is 2. The third kappa shape index (κ3) is 2.05. The predicted octanol–water partition coefficient (Wildman–Crippen LogP) is 0.666. The lowest BCUT2D eigenvalue weighted by Crippen LogP contribution is -2.51. The fourth-order valence-electron chi connectivity index (χ4n) is 3.19. The van der Waals surface area contributed by atoms with Gasteiger partial charge in [0, 0.05) is 25.2 Å². The smallest absolute Gasteiger partial charge is 0.368 e. The van der Waals surface area contributed by atoms with Crippen molar-refractivity contribution in [2.75, 3.05) is 23.7 Å². The summed E-state index contributed by atoms with van der Waals surface area (Å²) in [4.78, 5) is 10.1. The molecule has 2 fully saturated rings. The molecular formula is C12H14F3N7. The van der Waals surface area contributed by atoms with Crippen LogP contribution >= 0.6 is 0 Å². The van der Waals surface area contributed by atoms with E-state index in [9.17, 15) is 13.2 Å². The molecule has 10 heteroatoms. The van der Waals surface area contributed by atoms with Crippen LogP contribution in [0.15, 0.2) is 6.20 Å². The van der Waals surface area contributed by atoms with Crippen LogP contribution < -0.4 is 16.0 Å². The van der Waals surface area contributed by atoms with Gasteiger partial charge in [-0.05, 0) is 12.8 Å². The molecule has 0 amide bonds. The Hall–Kier alpha value is -2.10. The van der Waals surface area contributed by atoms with E-state index in [1.54, 1.807) is 0 Å². The third-order valence-corrected chi connectivity index (χ3v) is 4.19. The monoisotopic (exact) mass is 313 g/mol. The first-order valence-corrected chi connectivity index (χ1v) is 7.01. The van der Waals surface area contributed by atoms with Gasteiger partial charge in [0.1, 0.15) is 5.56 Å². The number of aromatic nitrogens is 4. The van der Waals surface area contributed by atoms with E-state index in [0.29, 0.717) is 25.2 Å². The molecule has 2 aliphatic rings. The van der Waals surface area contributed by atoms with Crippen LogP contribution in [0.2, 0.25) is 0 Å². The van der Waals surface area contributed by atoms with E-state index in [1.165, 1.54) is 0 Å². The Morgan fingerprint density at radius 1 is 1.18 bits per heavy atom. The zero-order valence-electron chi connectivity index (χ0n) is 11.5. The number of rotatable bonds is 1. The van der Waals surface area contributed by atoms with E-state index in [-0.39, 0.29) is 17.5 Å². The van der Waals surface area contributed by atoms with Gasteiger partial charge >= 0.3 is 6.18 Å². The molecule has 118 valence electrons. The third-order valence-electron chi connectivity index (χ3n) is 4.19. The molecule has 2 saturated heterocycles. The summed E-state index contributed by atoms with van der Waals surface area (Å²) >= 11 is 0. The molecule has 2 aromatic heterocycles. The van der Waals surface area contributed by atoms with Crippen molar-refractivity contribution >= 4 is 17.5 Å². The van der Waals surface area contributed by atoms with E-state index in [0.717, 1.165) is 23.6 Å². The number of nitrogens with two attached hydrogens (primary N) is 1. The average molecular weight is 313 g/mol. The van der Waals surface area contributed by atoms with Crippen molar-refractivity contribution < 1.29 is 13.2 Å². The number of alkyl halides is 3. The Labute approximate surface area is 123 Å². The van der Waals surface area contributed by atoms with Crippen LogP contribution in [-0.4, -0.2) is 44.8 Å². The van der Waals surface area contributed by atoms with Crippen LogP contribution in [0.3, 0.4) is 0 Å².